The van der Waals surface area contributed by atoms with Gasteiger partial charge in [0.1, 0.15) is 5.82 Å². The number of aliphatic hydroxyl groups is 1. The van der Waals surface area contributed by atoms with Crippen LogP contribution in [-0.4, -0.2) is 61.6 Å². The summed E-state index contributed by atoms with van der Waals surface area (Å²) in [5.41, 5.74) is 0.460. The van der Waals surface area contributed by atoms with E-state index in [1.54, 1.807) is 13.0 Å². The highest BCUT2D eigenvalue weighted by Gasteiger charge is 2.27. The van der Waals surface area contributed by atoms with Crippen LogP contribution in [0.3, 0.4) is 0 Å². The zero-order valence-corrected chi connectivity index (χ0v) is 12.9. The molecular weight excluding hydrogens is 295 g/mol. The van der Waals surface area contributed by atoms with E-state index in [9.17, 15) is 17.9 Å². The molecule has 5 nitrogen and oxygen atoms in total. The number of β-amino-alcohol motifs (C(OH)–C–C–N with tert-alkyl or cyclic N) is 1. The second-order valence-corrected chi connectivity index (χ2v) is 7.40. The van der Waals surface area contributed by atoms with Gasteiger partial charge in [-0.2, -0.15) is 4.31 Å². The maximum atomic E-state index is 13.1. The number of rotatable bonds is 5. The van der Waals surface area contributed by atoms with E-state index in [1.165, 1.54) is 22.5 Å². The van der Waals surface area contributed by atoms with Crippen molar-refractivity contribution in [1.29, 1.82) is 0 Å². The van der Waals surface area contributed by atoms with Gasteiger partial charge >= 0.3 is 0 Å². The van der Waals surface area contributed by atoms with Crippen molar-refractivity contribution in [2.24, 2.45) is 0 Å². The summed E-state index contributed by atoms with van der Waals surface area (Å²) < 4.78 is 39.2. The fraction of sp³-hybridized carbons (Fsp3) is 0.571. The van der Waals surface area contributed by atoms with Gasteiger partial charge in [-0.3, -0.25) is 4.90 Å². The Morgan fingerprint density at radius 2 is 1.95 bits per heavy atom. The number of piperazine rings is 1. The summed E-state index contributed by atoms with van der Waals surface area (Å²) in [6, 6.07) is 5.68. The Balaban J connectivity index is 1.95. The third kappa shape index (κ3) is 4.74. The highest BCUT2D eigenvalue weighted by atomic mass is 32.2. The molecule has 0 spiro atoms. The Hall–Kier alpha value is -1.02. The van der Waals surface area contributed by atoms with Gasteiger partial charge in [0.15, 0.2) is 0 Å². The van der Waals surface area contributed by atoms with Gasteiger partial charge in [0.25, 0.3) is 0 Å². The van der Waals surface area contributed by atoms with Crippen molar-refractivity contribution in [1.82, 2.24) is 9.21 Å². The van der Waals surface area contributed by atoms with Crippen molar-refractivity contribution in [2.45, 2.75) is 18.8 Å². The molecule has 1 fully saturated rings. The molecule has 7 heteroatoms. The summed E-state index contributed by atoms with van der Waals surface area (Å²) in [7, 11) is -3.43. The second-order valence-electron chi connectivity index (χ2n) is 5.43. The molecule has 0 amide bonds. The maximum Gasteiger partial charge on any atom is 0.218 e. The fourth-order valence-electron chi connectivity index (χ4n) is 2.49. The molecule has 1 heterocycles. The minimum absolute atomic E-state index is 0.179. The fourth-order valence-corrected chi connectivity index (χ4v) is 4.00. The molecule has 0 bridgehead atoms. The Bertz CT molecular complexity index is 569. The molecule has 0 saturated carbocycles. The van der Waals surface area contributed by atoms with Crippen LogP contribution in [0.2, 0.25) is 0 Å². The highest BCUT2D eigenvalue weighted by molar-refractivity contribution is 7.88. The molecule has 0 aromatic heterocycles. The Labute approximate surface area is 125 Å². The normalized spacial score (nSPS) is 19.6. The quantitative estimate of drug-likeness (QED) is 0.867. The van der Waals surface area contributed by atoms with Crippen molar-refractivity contribution in [3.8, 4) is 0 Å². The van der Waals surface area contributed by atoms with E-state index in [4.69, 9.17) is 0 Å². The molecule has 1 N–H and O–H groups in total. The Morgan fingerprint density at radius 3 is 2.52 bits per heavy atom. The molecule has 118 valence electrons. The summed E-state index contributed by atoms with van der Waals surface area (Å²) in [5.74, 6) is -0.606. The lowest BCUT2D eigenvalue weighted by molar-refractivity contribution is 0.103. The molecule has 1 unspecified atom stereocenters. The predicted octanol–water partition coefficient (Wildman–Crippen LogP) is 0.654. The topological polar surface area (TPSA) is 60.9 Å². The summed E-state index contributed by atoms with van der Waals surface area (Å²) in [4.78, 5) is 2.04. The molecule has 1 saturated heterocycles. The summed E-state index contributed by atoms with van der Waals surface area (Å²) >= 11 is 0. The van der Waals surface area contributed by atoms with Crippen LogP contribution in [0.1, 0.15) is 12.5 Å². The molecule has 1 atom stereocenters. The van der Waals surface area contributed by atoms with Crippen LogP contribution in [0.15, 0.2) is 24.3 Å². The monoisotopic (exact) mass is 316 g/mol. The van der Waals surface area contributed by atoms with Crippen LogP contribution in [0.5, 0.6) is 0 Å². The number of aliphatic hydroxyl groups excluding tert-OH is 1. The van der Waals surface area contributed by atoms with Crippen molar-refractivity contribution >= 4 is 10.0 Å². The smallest absolute Gasteiger partial charge is 0.218 e. The first-order chi connectivity index (χ1) is 9.87. The lowest BCUT2D eigenvalue weighted by Crippen LogP contribution is -2.50. The van der Waals surface area contributed by atoms with E-state index < -0.39 is 21.9 Å². The molecule has 1 aliphatic rings. The van der Waals surface area contributed by atoms with Crippen LogP contribution in [-0.2, 0) is 15.8 Å². The molecule has 1 aromatic rings. The van der Waals surface area contributed by atoms with Gasteiger partial charge < -0.3 is 5.11 Å². The highest BCUT2D eigenvalue weighted by Crippen LogP contribution is 2.14. The second kappa shape index (κ2) is 6.83. The first-order valence-electron chi connectivity index (χ1n) is 6.99. The third-order valence-electron chi connectivity index (χ3n) is 3.49. The van der Waals surface area contributed by atoms with E-state index in [1.807, 2.05) is 4.90 Å². The lowest BCUT2D eigenvalue weighted by atomic mass is 10.2. The molecular formula is C14H21FN2O3S. The molecule has 1 aromatic carbocycles. The number of hydrogen-bond donors (Lipinski definition) is 1. The van der Waals surface area contributed by atoms with Gasteiger partial charge in [-0.25, -0.2) is 12.8 Å². The zero-order valence-electron chi connectivity index (χ0n) is 12.1. The van der Waals surface area contributed by atoms with Crippen molar-refractivity contribution in [3.63, 3.8) is 0 Å². The standard InChI is InChI=1S/C14H21FN2O3S/c1-12(18)10-16-5-7-17(8-6-16)21(19,20)11-13-3-2-4-14(15)9-13/h2-4,9,12,18H,5-8,10-11H2,1H3. The SMILES string of the molecule is CC(O)CN1CCN(S(=O)(=O)Cc2cccc(F)c2)CC1. The average Bonchev–Trinajstić information content (AvgIpc) is 2.38. The van der Waals surface area contributed by atoms with Crippen molar-refractivity contribution in [2.75, 3.05) is 32.7 Å². The van der Waals surface area contributed by atoms with Crippen molar-refractivity contribution < 1.29 is 17.9 Å². The van der Waals surface area contributed by atoms with Crippen LogP contribution >= 0.6 is 0 Å². The summed E-state index contributed by atoms with van der Waals surface area (Å²) in [5, 5.41) is 9.34. The first-order valence-corrected chi connectivity index (χ1v) is 8.60. The molecule has 21 heavy (non-hydrogen) atoms. The molecule has 1 aliphatic heterocycles. The van der Waals surface area contributed by atoms with Crippen molar-refractivity contribution in [3.05, 3.63) is 35.6 Å². The van der Waals surface area contributed by atoms with Crippen LogP contribution in [0.4, 0.5) is 4.39 Å². The van der Waals surface area contributed by atoms with E-state index in [2.05, 4.69) is 0 Å². The first kappa shape index (κ1) is 16.4. The minimum Gasteiger partial charge on any atom is -0.392 e. The van der Waals surface area contributed by atoms with Crippen LogP contribution in [0, 0.1) is 5.82 Å². The van der Waals surface area contributed by atoms with Crippen LogP contribution < -0.4 is 0 Å². The van der Waals surface area contributed by atoms with E-state index in [0.717, 1.165) is 0 Å². The van der Waals surface area contributed by atoms with Gasteiger partial charge in [-0.1, -0.05) is 12.1 Å². The lowest BCUT2D eigenvalue weighted by Gasteiger charge is -2.34. The van der Waals surface area contributed by atoms with Gasteiger partial charge in [0, 0.05) is 32.7 Å². The number of hydrogen-bond acceptors (Lipinski definition) is 4. The molecule has 0 radical (unpaired) electrons. The summed E-state index contributed by atoms with van der Waals surface area (Å²) in [6.07, 6.45) is -0.416. The van der Waals surface area contributed by atoms with Gasteiger partial charge in [-0.05, 0) is 24.6 Å². The average molecular weight is 316 g/mol. The van der Waals surface area contributed by atoms with E-state index in [-0.39, 0.29) is 5.75 Å². The maximum absolute atomic E-state index is 13.1. The number of sulfonamides is 1. The van der Waals surface area contributed by atoms with E-state index in [0.29, 0.717) is 38.3 Å². The number of benzene rings is 1. The summed E-state index contributed by atoms with van der Waals surface area (Å²) in [6.45, 7) is 4.29. The van der Waals surface area contributed by atoms with Gasteiger partial charge in [0.05, 0.1) is 11.9 Å². The third-order valence-corrected chi connectivity index (χ3v) is 5.34. The predicted molar refractivity (Wildman–Crippen MR) is 78.7 cm³/mol. The Morgan fingerprint density at radius 1 is 1.29 bits per heavy atom. The zero-order chi connectivity index (χ0) is 15.5. The Kier molecular flexibility index (Phi) is 5.32. The minimum atomic E-state index is -3.43. The molecule has 2 rings (SSSR count). The largest absolute Gasteiger partial charge is 0.392 e. The van der Waals surface area contributed by atoms with E-state index >= 15 is 0 Å². The van der Waals surface area contributed by atoms with Gasteiger partial charge in [-0.15, -0.1) is 0 Å². The number of halogens is 1. The van der Waals surface area contributed by atoms with Gasteiger partial charge in [0.2, 0.25) is 10.0 Å². The molecule has 0 aliphatic carbocycles. The van der Waals surface area contributed by atoms with Crippen LogP contribution in [0.25, 0.3) is 0 Å². The number of nitrogens with zero attached hydrogens (tertiary/aromatic N) is 2.